The van der Waals surface area contributed by atoms with E-state index in [1.165, 1.54) is 38.5 Å². The molecule has 0 atom stereocenters. The van der Waals surface area contributed by atoms with Gasteiger partial charge in [0.15, 0.2) is 0 Å². The number of hydrogen-bond acceptors (Lipinski definition) is 3. The van der Waals surface area contributed by atoms with Crippen molar-refractivity contribution >= 4 is 0 Å². The van der Waals surface area contributed by atoms with Crippen molar-refractivity contribution in [3.8, 4) is 5.75 Å². The van der Waals surface area contributed by atoms with Gasteiger partial charge in [-0.1, -0.05) is 0 Å². The molecule has 1 aromatic rings. The fraction of sp³-hybridized carbons (Fsp3) is 0.333. The molecule has 0 aromatic heterocycles. The lowest BCUT2D eigenvalue weighted by atomic mass is 10.3. The van der Waals surface area contributed by atoms with Crippen LogP contribution in [0.4, 0.5) is 4.39 Å². The summed E-state index contributed by atoms with van der Waals surface area (Å²) >= 11 is 0. The predicted octanol–water partition coefficient (Wildman–Crippen LogP) is 1.78. The minimum atomic E-state index is -0.759. The molecule has 0 radical (unpaired) electrons. The van der Waals surface area contributed by atoms with Crippen LogP contribution in [0, 0.1) is 5.82 Å². The first-order chi connectivity index (χ1) is 6.26. The van der Waals surface area contributed by atoms with E-state index >= 15 is 0 Å². The highest BCUT2D eigenvalue weighted by Gasteiger charge is 2.05. The van der Waals surface area contributed by atoms with Gasteiger partial charge in [-0.15, -0.1) is 0 Å². The van der Waals surface area contributed by atoms with Crippen LogP contribution in [0.3, 0.4) is 0 Å². The topological polar surface area (TPSA) is 27.7 Å². The summed E-state index contributed by atoms with van der Waals surface area (Å²) in [5.74, 6) is 0.189. The van der Waals surface area contributed by atoms with Crippen LogP contribution in [0.25, 0.3) is 0 Å². The number of hydrogen-bond donors (Lipinski definition) is 0. The molecule has 1 aromatic carbocycles. The number of rotatable bonds is 4. The molecule has 0 spiro atoms. The second-order valence-electron chi connectivity index (χ2n) is 2.33. The van der Waals surface area contributed by atoms with Crippen LogP contribution in [0.15, 0.2) is 24.3 Å². The van der Waals surface area contributed by atoms with Crippen LogP contribution in [0.5, 0.6) is 5.75 Å². The third-order valence-electron chi connectivity index (χ3n) is 1.43. The highest BCUT2D eigenvalue weighted by molar-refractivity contribution is 5.21. The van der Waals surface area contributed by atoms with Crippen LogP contribution in [0.2, 0.25) is 0 Å². The van der Waals surface area contributed by atoms with Gasteiger partial charge in [-0.3, -0.25) is 0 Å². The zero-order valence-corrected chi connectivity index (χ0v) is 7.49. The quantitative estimate of drug-likeness (QED) is 0.671. The lowest BCUT2D eigenvalue weighted by molar-refractivity contribution is -0.219. The Morgan fingerprint density at radius 2 is 1.62 bits per heavy atom. The van der Waals surface area contributed by atoms with Crippen LogP contribution < -0.4 is 4.74 Å². The fourth-order valence-electron chi connectivity index (χ4n) is 0.817. The van der Waals surface area contributed by atoms with Crippen molar-refractivity contribution in [1.29, 1.82) is 0 Å². The highest BCUT2D eigenvalue weighted by atomic mass is 19.1. The molecule has 0 aliphatic carbocycles. The summed E-state index contributed by atoms with van der Waals surface area (Å²) in [6.07, 6.45) is 0. The maximum Gasteiger partial charge on any atom is 0.315 e. The summed E-state index contributed by atoms with van der Waals surface area (Å²) in [5.41, 5.74) is 0. The minimum absolute atomic E-state index is 0.307. The van der Waals surface area contributed by atoms with Gasteiger partial charge in [0.05, 0.1) is 0 Å². The van der Waals surface area contributed by atoms with Crippen molar-refractivity contribution in [2.75, 3.05) is 14.2 Å². The van der Waals surface area contributed by atoms with Crippen molar-refractivity contribution < 1.29 is 18.6 Å². The summed E-state index contributed by atoms with van der Waals surface area (Å²) in [6.45, 7) is -0.759. The van der Waals surface area contributed by atoms with E-state index < -0.39 is 6.48 Å². The first-order valence-corrected chi connectivity index (χ1v) is 3.74. The molecule has 0 heterocycles. The average Bonchev–Trinajstić information content (AvgIpc) is 2.17. The Hall–Kier alpha value is -1.13. The van der Waals surface area contributed by atoms with E-state index in [1.807, 2.05) is 0 Å². The summed E-state index contributed by atoms with van der Waals surface area (Å²) in [6, 6.07) is 5.61. The van der Waals surface area contributed by atoms with E-state index in [9.17, 15) is 4.39 Å². The number of ether oxygens (including phenoxy) is 3. The molecule has 0 aliphatic rings. The zero-order chi connectivity index (χ0) is 9.68. The van der Waals surface area contributed by atoms with E-state index in [1.54, 1.807) is 0 Å². The molecule has 0 N–H and O–H groups in total. The largest absolute Gasteiger partial charge is 0.441 e. The van der Waals surface area contributed by atoms with E-state index in [4.69, 9.17) is 14.2 Å². The van der Waals surface area contributed by atoms with Crippen molar-refractivity contribution in [3.05, 3.63) is 30.1 Å². The molecule has 0 saturated heterocycles. The lowest BCUT2D eigenvalue weighted by Crippen LogP contribution is -2.20. The second-order valence-corrected chi connectivity index (χ2v) is 2.33. The normalized spacial score (nSPS) is 10.5. The molecule has 72 valence electrons. The van der Waals surface area contributed by atoms with Gasteiger partial charge in [-0.2, -0.15) is 0 Å². The van der Waals surface area contributed by atoms with Gasteiger partial charge in [-0.25, -0.2) is 4.39 Å². The maximum absolute atomic E-state index is 12.5. The molecule has 0 bridgehead atoms. The van der Waals surface area contributed by atoms with Gasteiger partial charge in [0.25, 0.3) is 0 Å². The highest BCUT2D eigenvalue weighted by Crippen LogP contribution is 2.13. The van der Waals surface area contributed by atoms with Gasteiger partial charge in [0.2, 0.25) is 0 Å². The van der Waals surface area contributed by atoms with Crippen molar-refractivity contribution in [1.82, 2.24) is 0 Å². The van der Waals surface area contributed by atoms with Crippen LogP contribution >= 0.6 is 0 Å². The van der Waals surface area contributed by atoms with Crippen LogP contribution in [-0.4, -0.2) is 20.7 Å². The van der Waals surface area contributed by atoms with Gasteiger partial charge in [-0.05, 0) is 24.3 Å². The van der Waals surface area contributed by atoms with Gasteiger partial charge in [0.1, 0.15) is 11.6 Å². The molecular weight excluding hydrogens is 175 g/mol. The standard InChI is InChI=1S/C9H11FO3/c1-11-9(12-2)13-8-5-3-7(10)4-6-8/h3-6,9H,1-2H3. The number of benzene rings is 1. The lowest BCUT2D eigenvalue weighted by Gasteiger charge is -2.14. The SMILES string of the molecule is COC(OC)Oc1ccc(F)cc1. The Labute approximate surface area is 76.0 Å². The van der Waals surface area contributed by atoms with Crippen molar-refractivity contribution in [2.24, 2.45) is 0 Å². The minimum Gasteiger partial charge on any atom is -0.441 e. The van der Waals surface area contributed by atoms with E-state index in [-0.39, 0.29) is 5.82 Å². The van der Waals surface area contributed by atoms with Crippen LogP contribution in [-0.2, 0) is 9.47 Å². The molecule has 0 unspecified atom stereocenters. The van der Waals surface area contributed by atoms with E-state index in [0.29, 0.717) is 5.75 Å². The molecule has 0 aliphatic heterocycles. The van der Waals surface area contributed by atoms with Gasteiger partial charge >= 0.3 is 6.48 Å². The molecular formula is C9H11FO3. The molecule has 0 fully saturated rings. The molecule has 3 nitrogen and oxygen atoms in total. The first-order valence-electron chi connectivity index (χ1n) is 3.74. The Bertz CT molecular complexity index is 244. The maximum atomic E-state index is 12.5. The summed E-state index contributed by atoms with van der Waals surface area (Å²) in [7, 11) is 2.91. The Balaban J connectivity index is 2.58. The number of halogens is 1. The van der Waals surface area contributed by atoms with Crippen LogP contribution in [0.1, 0.15) is 0 Å². The Kier molecular flexibility index (Phi) is 3.67. The van der Waals surface area contributed by atoms with Crippen molar-refractivity contribution in [2.45, 2.75) is 6.48 Å². The molecule has 0 amide bonds. The molecule has 13 heavy (non-hydrogen) atoms. The molecule has 0 saturated carbocycles. The Morgan fingerprint density at radius 3 is 2.08 bits per heavy atom. The smallest absolute Gasteiger partial charge is 0.315 e. The predicted molar refractivity (Wildman–Crippen MR) is 44.8 cm³/mol. The van der Waals surface area contributed by atoms with E-state index in [2.05, 4.69) is 0 Å². The molecule has 4 heteroatoms. The summed E-state index contributed by atoms with van der Waals surface area (Å²) < 4.78 is 27.2. The third-order valence-corrected chi connectivity index (χ3v) is 1.43. The first kappa shape index (κ1) is 9.95. The van der Waals surface area contributed by atoms with Crippen molar-refractivity contribution in [3.63, 3.8) is 0 Å². The average molecular weight is 186 g/mol. The fourth-order valence-corrected chi connectivity index (χ4v) is 0.817. The molecule has 1 rings (SSSR count). The van der Waals surface area contributed by atoms with Gasteiger partial charge in [0, 0.05) is 14.2 Å². The van der Waals surface area contributed by atoms with Gasteiger partial charge < -0.3 is 14.2 Å². The second kappa shape index (κ2) is 4.79. The number of methoxy groups -OCH3 is 2. The third kappa shape index (κ3) is 3.01. The van der Waals surface area contributed by atoms with E-state index in [0.717, 1.165) is 0 Å². The summed E-state index contributed by atoms with van der Waals surface area (Å²) in [5, 5.41) is 0. The summed E-state index contributed by atoms with van der Waals surface area (Å²) in [4.78, 5) is 0. The Morgan fingerprint density at radius 1 is 1.08 bits per heavy atom. The monoisotopic (exact) mass is 186 g/mol. The zero-order valence-electron chi connectivity index (χ0n) is 7.49.